The van der Waals surface area contributed by atoms with Gasteiger partial charge in [0.05, 0.1) is 5.56 Å². The summed E-state index contributed by atoms with van der Waals surface area (Å²) in [6, 6.07) is 10.5. The Hall–Kier alpha value is -2.14. The maximum atomic E-state index is 10.9. The lowest BCUT2D eigenvalue weighted by Gasteiger charge is -1.97. The molecule has 0 aliphatic heterocycles. The summed E-state index contributed by atoms with van der Waals surface area (Å²) in [4.78, 5) is 15.1. The quantitative estimate of drug-likeness (QED) is 0.777. The SMILES string of the molecule is O=C(O)c1ccnc(-c2cc3cc(Br)ccc3o2)c1. The van der Waals surface area contributed by atoms with Crippen LogP contribution in [0.3, 0.4) is 0 Å². The number of halogens is 1. The Kier molecular flexibility index (Phi) is 2.83. The number of carboxylic acid groups (broad SMARTS) is 1. The van der Waals surface area contributed by atoms with Gasteiger partial charge in [0, 0.05) is 16.1 Å². The first-order valence-electron chi connectivity index (χ1n) is 5.52. The number of pyridine rings is 1. The maximum absolute atomic E-state index is 10.9. The average Bonchev–Trinajstić information content (AvgIpc) is 2.81. The van der Waals surface area contributed by atoms with Crippen LogP contribution in [-0.4, -0.2) is 16.1 Å². The van der Waals surface area contributed by atoms with E-state index >= 15 is 0 Å². The van der Waals surface area contributed by atoms with Gasteiger partial charge in [-0.15, -0.1) is 0 Å². The third kappa shape index (κ3) is 2.24. The molecule has 0 amide bonds. The molecule has 3 aromatic rings. The predicted molar refractivity (Wildman–Crippen MR) is 74.1 cm³/mol. The number of aromatic nitrogens is 1. The van der Waals surface area contributed by atoms with Crippen molar-refractivity contribution in [1.29, 1.82) is 0 Å². The number of rotatable bonds is 2. The largest absolute Gasteiger partial charge is 0.478 e. The molecule has 5 heteroatoms. The zero-order valence-corrected chi connectivity index (χ0v) is 11.2. The number of fused-ring (bicyclic) bond motifs is 1. The van der Waals surface area contributed by atoms with Crippen LogP contribution in [-0.2, 0) is 0 Å². The van der Waals surface area contributed by atoms with Crippen molar-refractivity contribution in [3.05, 3.63) is 52.6 Å². The van der Waals surface area contributed by atoms with Crippen LogP contribution in [0.15, 0.2) is 51.5 Å². The van der Waals surface area contributed by atoms with Crippen molar-refractivity contribution in [3.63, 3.8) is 0 Å². The first-order valence-corrected chi connectivity index (χ1v) is 6.31. The molecule has 0 spiro atoms. The minimum Gasteiger partial charge on any atom is -0.478 e. The molecular weight excluding hydrogens is 310 g/mol. The van der Waals surface area contributed by atoms with Crippen LogP contribution in [0.25, 0.3) is 22.4 Å². The molecule has 2 heterocycles. The maximum Gasteiger partial charge on any atom is 0.335 e. The van der Waals surface area contributed by atoms with E-state index in [0.29, 0.717) is 11.5 Å². The molecule has 0 atom stereocenters. The van der Waals surface area contributed by atoms with Crippen molar-refractivity contribution in [2.75, 3.05) is 0 Å². The minimum atomic E-state index is -0.984. The fraction of sp³-hybridized carbons (Fsp3) is 0. The fourth-order valence-electron chi connectivity index (χ4n) is 1.84. The molecule has 1 aromatic carbocycles. The fourth-order valence-corrected chi connectivity index (χ4v) is 2.22. The van der Waals surface area contributed by atoms with Gasteiger partial charge in [-0.2, -0.15) is 0 Å². The molecule has 0 saturated heterocycles. The molecular formula is C14H8BrNO3. The van der Waals surface area contributed by atoms with Gasteiger partial charge in [0.1, 0.15) is 11.3 Å². The van der Waals surface area contributed by atoms with Crippen molar-refractivity contribution in [1.82, 2.24) is 4.98 Å². The van der Waals surface area contributed by atoms with Gasteiger partial charge >= 0.3 is 5.97 Å². The summed E-state index contributed by atoms with van der Waals surface area (Å²) in [5.41, 5.74) is 1.43. The molecule has 0 fully saturated rings. The highest BCUT2D eigenvalue weighted by Crippen LogP contribution is 2.28. The van der Waals surface area contributed by atoms with E-state index in [-0.39, 0.29) is 5.56 Å². The van der Waals surface area contributed by atoms with Gasteiger partial charge in [-0.3, -0.25) is 4.98 Å². The molecule has 19 heavy (non-hydrogen) atoms. The third-order valence-electron chi connectivity index (χ3n) is 2.74. The third-order valence-corrected chi connectivity index (χ3v) is 3.23. The van der Waals surface area contributed by atoms with E-state index in [1.54, 1.807) is 0 Å². The molecule has 0 saturated carbocycles. The highest BCUT2D eigenvalue weighted by Gasteiger charge is 2.10. The predicted octanol–water partition coefficient (Wildman–Crippen LogP) is 3.96. The molecule has 0 aliphatic rings. The topological polar surface area (TPSA) is 63.3 Å². The van der Waals surface area contributed by atoms with Crippen LogP contribution in [0.2, 0.25) is 0 Å². The molecule has 1 N–H and O–H groups in total. The Morgan fingerprint density at radius 1 is 1.21 bits per heavy atom. The average molecular weight is 318 g/mol. The first-order chi connectivity index (χ1) is 9.13. The standard InChI is InChI=1S/C14H8BrNO3/c15-10-1-2-12-9(5-10)7-13(19-12)11-6-8(14(17)18)3-4-16-11/h1-7H,(H,17,18). The van der Waals surface area contributed by atoms with Crippen molar-refractivity contribution >= 4 is 32.9 Å². The summed E-state index contributed by atoms with van der Waals surface area (Å²) >= 11 is 3.39. The number of benzene rings is 1. The molecule has 2 aromatic heterocycles. The van der Waals surface area contributed by atoms with Crippen molar-refractivity contribution in [2.24, 2.45) is 0 Å². The zero-order chi connectivity index (χ0) is 13.4. The van der Waals surface area contributed by atoms with Crippen molar-refractivity contribution < 1.29 is 14.3 Å². The monoisotopic (exact) mass is 317 g/mol. The Morgan fingerprint density at radius 2 is 2.05 bits per heavy atom. The minimum absolute atomic E-state index is 0.187. The molecule has 0 aliphatic carbocycles. The van der Waals surface area contributed by atoms with Gasteiger partial charge in [-0.05, 0) is 36.4 Å². The number of hydrogen-bond donors (Lipinski definition) is 1. The summed E-state index contributed by atoms with van der Waals surface area (Å²) in [6.45, 7) is 0. The van der Waals surface area contributed by atoms with Crippen molar-refractivity contribution in [3.8, 4) is 11.5 Å². The van der Waals surface area contributed by atoms with Crippen LogP contribution >= 0.6 is 15.9 Å². The number of furan rings is 1. The second-order valence-corrected chi connectivity index (χ2v) is 4.94. The van der Waals surface area contributed by atoms with Crippen LogP contribution in [0.4, 0.5) is 0 Å². The van der Waals surface area contributed by atoms with E-state index in [1.807, 2.05) is 24.3 Å². The number of carboxylic acids is 1. The lowest BCUT2D eigenvalue weighted by Crippen LogP contribution is -1.96. The van der Waals surface area contributed by atoms with Crippen LogP contribution < -0.4 is 0 Å². The molecule has 4 nitrogen and oxygen atoms in total. The molecule has 0 unspecified atom stereocenters. The lowest BCUT2D eigenvalue weighted by molar-refractivity contribution is 0.0697. The summed E-state index contributed by atoms with van der Waals surface area (Å²) in [5, 5.41) is 9.90. The van der Waals surface area contributed by atoms with E-state index in [4.69, 9.17) is 9.52 Å². The number of aromatic carboxylic acids is 1. The number of nitrogens with zero attached hydrogens (tertiary/aromatic N) is 1. The van der Waals surface area contributed by atoms with Gasteiger partial charge in [0.2, 0.25) is 0 Å². The second kappa shape index (κ2) is 4.51. The number of hydrogen-bond acceptors (Lipinski definition) is 3. The van der Waals surface area contributed by atoms with Gasteiger partial charge in [-0.1, -0.05) is 15.9 Å². The summed E-state index contributed by atoms with van der Waals surface area (Å²) in [6.07, 6.45) is 1.46. The Labute approximate surface area is 116 Å². The van der Waals surface area contributed by atoms with E-state index in [2.05, 4.69) is 20.9 Å². The van der Waals surface area contributed by atoms with Gasteiger partial charge in [0.25, 0.3) is 0 Å². The lowest BCUT2D eigenvalue weighted by atomic mass is 10.2. The van der Waals surface area contributed by atoms with E-state index in [1.165, 1.54) is 18.3 Å². The summed E-state index contributed by atoms with van der Waals surface area (Å²) in [5.74, 6) is -0.432. The van der Waals surface area contributed by atoms with Crippen molar-refractivity contribution in [2.45, 2.75) is 0 Å². The Bertz CT molecular complexity index is 779. The highest BCUT2D eigenvalue weighted by molar-refractivity contribution is 9.10. The molecule has 94 valence electrons. The summed E-state index contributed by atoms with van der Waals surface area (Å²) < 4.78 is 6.63. The van der Waals surface area contributed by atoms with E-state index < -0.39 is 5.97 Å². The van der Waals surface area contributed by atoms with E-state index in [0.717, 1.165) is 15.4 Å². The Balaban J connectivity index is 2.13. The summed E-state index contributed by atoms with van der Waals surface area (Å²) in [7, 11) is 0. The molecule has 0 bridgehead atoms. The van der Waals surface area contributed by atoms with Crippen LogP contribution in [0, 0.1) is 0 Å². The van der Waals surface area contributed by atoms with Crippen LogP contribution in [0.1, 0.15) is 10.4 Å². The number of carbonyl (C=O) groups is 1. The van der Waals surface area contributed by atoms with Gasteiger partial charge < -0.3 is 9.52 Å². The highest BCUT2D eigenvalue weighted by atomic mass is 79.9. The normalized spacial score (nSPS) is 10.8. The van der Waals surface area contributed by atoms with Gasteiger partial charge in [-0.25, -0.2) is 4.79 Å². The van der Waals surface area contributed by atoms with Crippen LogP contribution in [0.5, 0.6) is 0 Å². The Morgan fingerprint density at radius 3 is 2.84 bits per heavy atom. The van der Waals surface area contributed by atoms with E-state index in [9.17, 15) is 4.79 Å². The zero-order valence-electron chi connectivity index (χ0n) is 9.63. The molecule has 3 rings (SSSR count). The molecule has 0 radical (unpaired) electrons. The smallest absolute Gasteiger partial charge is 0.335 e. The first kappa shape index (κ1) is 11.9. The van der Waals surface area contributed by atoms with Gasteiger partial charge in [0.15, 0.2) is 5.76 Å². The second-order valence-electron chi connectivity index (χ2n) is 4.03.